The van der Waals surface area contributed by atoms with E-state index in [4.69, 9.17) is 0 Å². The van der Waals surface area contributed by atoms with Gasteiger partial charge in [0.15, 0.2) is 4.90 Å². The molecule has 0 amide bonds. The lowest BCUT2D eigenvalue weighted by molar-refractivity contribution is 0.368. The predicted molar refractivity (Wildman–Crippen MR) is 61.3 cm³/mol. The summed E-state index contributed by atoms with van der Waals surface area (Å²) in [6.45, 7) is 2.35. The zero-order valence-electron chi connectivity index (χ0n) is 9.09. The second kappa shape index (κ2) is 5.12. The molecule has 1 aromatic carbocycles. The van der Waals surface area contributed by atoms with Gasteiger partial charge in [-0.15, -0.1) is 0 Å². The molecule has 16 heavy (non-hydrogen) atoms. The molecule has 1 aliphatic heterocycles. The van der Waals surface area contributed by atoms with Crippen molar-refractivity contribution < 1.29 is 17.3 Å². The first-order valence-corrected chi connectivity index (χ1v) is 6.58. The molecule has 0 aliphatic carbocycles. The molecule has 0 N–H and O–H groups in total. The van der Waals surface area contributed by atoms with E-state index in [0.717, 1.165) is 5.25 Å². The molecule has 1 aromatic rings. The zero-order valence-corrected chi connectivity index (χ0v) is 9.91. The largest absolute Gasteiger partial charge is 0.673 e. The summed E-state index contributed by atoms with van der Waals surface area (Å²) in [6.07, 6.45) is 3.65. The molecule has 0 aromatic heterocycles. The van der Waals surface area contributed by atoms with Gasteiger partial charge in [-0.25, -0.2) is 0 Å². The SMILES string of the molecule is CC1Cc2ccccc2[S+]1C.F[B-](F)(F)F. The molecule has 0 radical (unpaired) electrons. The molecule has 0 bridgehead atoms. The van der Waals surface area contributed by atoms with Crippen molar-refractivity contribution in [2.45, 2.75) is 23.5 Å². The second-order valence-corrected chi connectivity index (χ2v) is 6.03. The fraction of sp³-hybridized carbons (Fsp3) is 0.400. The van der Waals surface area contributed by atoms with Crippen molar-refractivity contribution in [1.29, 1.82) is 0 Å². The van der Waals surface area contributed by atoms with Crippen LogP contribution in [0.3, 0.4) is 0 Å². The first-order valence-electron chi connectivity index (χ1n) is 4.89. The van der Waals surface area contributed by atoms with Crippen molar-refractivity contribution >= 4 is 18.1 Å². The highest BCUT2D eigenvalue weighted by molar-refractivity contribution is 7.97. The van der Waals surface area contributed by atoms with Crippen LogP contribution in [0.1, 0.15) is 12.5 Å². The number of rotatable bonds is 0. The van der Waals surface area contributed by atoms with E-state index in [-0.39, 0.29) is 0 Å². The highest BCUT2D eigenvalue weighted by Crippen LogP contribution is 2.30. The monoisotopic (exact) mass is 252 g/mol. The molecule has 6 heteroatoms. The van der Waals surface area contributed by atoms with Gasteiger partial charge in [0.2, 0.25) is 0 Å². The van der Waals surface area contributed by atoms with E-state index >= 15 is 0 Å². The molecule has 2 unspecified atom stereocenters. The van der Waals surface area contributed by atoms with Crippen LogP contribution in [0.2, 0.25) is 0 Å². The number of benzene rings is 1. The smallest absolute Gasteiger partial charge is 0.418 e. The Morgan fingerprint density at radius 3 is 2.19 bits per heavy atom. The van der Waals surface area contributed by atoms with Gasteiger partial charge in [0.1, 0.15) is 11.5 Å². The number of fused-ring (bicyclic) bond motifs is 1. The van der Waals surface area contributed by atoms with Crippen molar-refractivity contribution in [2.24, 2.45) is 0 Å². The Morgan fingerprint density at radius 1 is 1.19 bits per heavy atom. The van der Waals surface area contributed by atoms with Crippen molar-refractivity contribution in [3.63, 3.8) is 0 Å². The molecule has 0 nitrogen and oxygen atoms in total. The van der Waals surface area contributed by atoms with E-state index in [0.29, 0.717) is 10.9 Å². The summed E-state index contributed by atoms with van der Waals surface area (Å²) in [5.41, 5.74) is 1.57. The van der Waals surface area contributed by atoms with Crippen LogP contribution in [0.4, 0.5) is 17.3 Å². The quantitative estimate of drug-likeness (QED) is 0.376. The Morgan fingerprint density at radius 2 is 1.69 bits per heavy atom. The fourth-order valence-electron chi connectivity index (χ4n) is 1.64. The molecular weight excluding hydrogens is 239 g/mol. The van der Waals surface area contributed by atoms with Crippen LogP contribution in [-0.4, -0.2) is 18.8 Å². The van der Waals surface area contributed by atoms with E-state index in [1.165, 1.54) is 6.42 Å². The van der Waals surface area contributed by atoms with Gasteiger partial charge in [-0.3, -0.25) is 0 Å². The third-order valence-electron chi connectivity index (χ3n) is 2.43. The molecule has 0 saturated carbocycles. The van der Waals surface area contributed by atoms with Gasteiger partial charge in [0, 0.05) is 22.9 Å². The topological polar surface area (TPSA) is 0 Å². The Balaban J connectivity index is 0.000000221. The van der Waals surface area contributed by atoms with Gasteiger partial charge in [0.05, 0.1) is 0 Å². The minimum Gasteiger partial charge on any atom is -0.418 e. The highest BCUT2D eigenvalue weighted by Gasteiger charge is 2.34. The lowest BCUT2D eigenvalue weighted by Crippen LogP contribution is -2.10. The van der Waals surface area contributed by atoms with Crippen LogP contribution < -0.4 is 0 Å². The summed E-state index contributed by atoms with van der Waals surface area (Å²) >= 11 is 0. The summed E-state index contributed by atoms with van der Waals surface area (Å²) in [7, 11) is -5.49. The third-order valence-corrected chi connectivity index (χ3v) is 4.90. The second-order valence-electron chi connectivity index (χ2n) is 3.68. The maximum absolute atomic E-state index is 9.75. The van der Waals surface area contributed by atoms with Crippen molar-refractivity contribution in [3.8, 4) is 0 Å². The Bertz CT molecular complexity index is 347. The van der Waals surface area contributed by atoms with Gasteiger partial charge in [0.25, 0.3) is 0 Å². The summed E-state index contributed by atoms with van der Waals surface area (Å²) in [4.78, 5) is 1.60. The van der Waals surface area contributed by atoms with E-state index in [9.17, 15) is 17.3 Å². The molecule has 90 valence electrons. The molecular formula is C10H13BF4S. The summed E-state index contributed by atoms with van der Waals surface area (Å²) in [6, 6.07) is 8.85. The lowest BCUT2D eigenvalue weighted by Gasteiger charge is -1.97. The fourth-order valence-corrected chi connectivity index (χ4v) is 3.36. The van der Waals surface area contributed by atoms with Gasteiger partial charge in [-0.2, -0.15) is 0 Å². The molecule has 0 saturated heterocycles. The van der Waals surface area contributed by atoms with Crippen LogP contribution in [0.5, 0.6) is 0 Å². The Hall–Kier alpha value is -0.645. The van der Waals surface area contributed by atoms with Crippen LogP contribution in [0, 0.1) is 0 Å². The van der Waals surface area contributed by atoms with Gasteiger partial charge < -0.3 is 17.3 Å². The summed E-state index contributed by atoms with van der Waals surface area (Å²) in [5.74, 6) is 0. The normalized spacial score (nSPS) is 23.4. The minimum atomic E-state index is -6.00. The number of hydrogen-bond donors (Lipinski definition) is 0. The minimum absolute atomic E-state index is 0.507. The molecule has 0 fully saturated rings. The maximum Gasteiger partial charge on any atom is 0.673 e. The van der Waals surface area contributed by atoms with Crippen molar-refractivity contribution in [2.75, 3.05) is 6.26 Å². The predicted octanol–water partition coefficient (Wildman–Crippen LogP) is 3.54. The van der Waals surface area contributed by atoms with E-state index in [1.54, 1.807) is 10.5 Å². The molecule has 1 aliphatic rings. The van der Waals surface area contributed by atoms with Crippen LogP contribution >= 0.6 is 0 Å². The maximum atomic E-state index is 9.75. The molecule has 0 spiro atoms. The third kappa shape index (κ3) is 4.08. The van der Waals surface area contributed by atoms with Gasteiger partial charge in [-0.1, -0.05) is 18.2 Å². The first-order chi connectivity index (χ1) is 7.29. The van der Waals surface area contributed by atoms with Crippen LogP contribution in [0.15, 0.2) is 29.2 Å². The van der Waals surface area contributed by atoms with Gasteiger partial charge in [-0.05, 0) is 13.0 Å². The molecule has 2 atom stereocenters. The average molecular weight is 252 g/mol. The zero-order chi connectivity index (χ0) is 12.3. The molecule has 1 heterocycles. The number of hydrogen-bond acceptors (Lipinski definition) is 0. The van der Waals surface area contributed by atoms with Crippen LogP contribution in [0.25, 0.3) is 0 Å². The standard InChI is InChI=1S/C10H13S.BF4/c1-8-7-9-5-3-4-6-10(9)11(8)2;2-1(3,4)5/h3-6,8H,7H2,1-2H3;/q+1;-1. The summed E-state index contributed by atoms with van der Waals surface area (Å²) < 4.78 is 39.0. The Kier molecular flexibility index (Phi) is 4.30. The summed E-state index contributed by atoms with van der Waals surface area (Å²) in [5, 5.41) is 0.868. The lowest BCUT2D eigenvalue weighted by atomic mass is 10.1. The first kappa shape index (κ1) is 13.4. The Labute approximate surface area is 95.5 Å². The van der Waals surface area contributed by atoms with E-state index < -0.39 is 7.25 Å². The van der Waals surface area contributed by atoms with Gasteiger partial charge >= 0.3 is 7.25 Å². The highest BCUT2D eigenvalue weighted by atomic mass is 32.2. The van der Waals surface area contributed by atoms with Crippen molar-refractivity contribution in [1.82, 2.24) is 0 Å². The van der Waals surface area contributed by atoms with E-state index in [1.807, 2.05) is 0 Å². The molecule has 2 rings (SSSR count). The van der Waals surface area contributed by atoms with Crippen LogP contribution in [-0.2, 0) is 17.3 Å². The average Bonchev–Trinajstić information content (AvgIpc) is 2.41. The van der Waals surface area contributed by atoms with E-state index in [2.05, 4.69) is 37.4 Å². The van der Waals surface area contributed by atoms with Crippen molar-refractivity contribution in [3.05, 3.63) is 29.8 Å². The number of halogens is 4.